The maximum atomic E-state index is 11.7. The van der Waals surface area contributed by atoms with Crippen LogP contribution in [0.3, 0.4) is 0 Å². The minimum absolute atomic E-state index is 0.136. The third-order valence-electron chi connectivity index (χ3n) is 3.66. The van der Waals surface area contributed by atoms with E-state index in [0.717, 1.165) is 12.8 Å². The molecule has 124 valence electrons. The van der Waals surface area contributed by atoms with Gasteiger partial charge >= 0.3 is 11.9 Å². The molecule has 0 radical (unpaired) electrons. The molecule has 4 heteroatoms. The van der Waals surface area contributed by atoms with Gasteiger partial charge in [-0.05, 0) is 13.3 Å². The van der Waals surface area contributed by atoms with Gasteiger partial charge in [-0.3, -0.25) is 9.59 Å². The Hall–Kier alpha value is -1.06. The van der Waals surface area contributed by atoms with E-state index in [4.69, 9.17) is 9.47 Å². The first-order valence-electron chi connectivity index (χ1n) is 8.39. The summed E-state index contributed by atoms with van der Waals surface area (Å²) in [6, 6.07) is 0. The molecule has 1 atom stereocenters. The normalized spacial score (nSPS) is 12.0. The highest BCUT2D eigenvalue weighted by atomic mass is 16.5. The summed E-state index contributed by atoms with van der Waals surface area (Å²) in [6.07, 6.45) is 10.6. The average Bonchev–Trinajstić information content (AvgIpc) is 2.48. The van der Waals surface area contributed by atoms with Crippen LogP contribution in [0, 0.1) is 5.92 Å². The van der Waals surface area contributed by atoms with Gasteiger partial charge in [0.05, 0.1) is 26.1 Å². The third kappa shape index (κ3) is 11.3. The third-order valence-corrected chi connectivity index (χ3v) is 3.66. The van der Waals surface area contributed by atoms with Crippen molar-refractivity contribution in [2.24, 2.45) is 5.92 Å². The van der Waals surface area contributed by atoms with E-state index in [1.165, 1.54) is 45.6 Å². The van der Waals surface area contributed by atoms with Crippen LogP contribution >= 0.6 is 0 Å². The van der Waals surface area contributed by atoms with Gasteiger partial charge < -0.3 is 9.47 Å². The summed E-state index contributed by atoms with van der Waals surface area (Å²) in [4.78, 5) is 23.1. The average molecular weight is 300 g/mol. The number of esters is 2. The van der Waals surface area contributed by atoms with Crippen LogP contribution in [-0.2, 0) is 19.1 Å². The van der Waals surface area contributed by atoms with Crippen LogP contribution in [0.5, 0.6) is 0 Å². The lowest BCUT2D eigenvalue weighted by Gasteiger charge is -2.13. The lowest BCUT2D eigenvalue weighted by Crippen LogP contribution is -2.21. The van der Waals surface area contributed by atoms with Gasteiger partial charge in [0, 0.05) is 0 Å². The highest BCUT2D eigenvalue weighted by Crippen LogP contribution is 2.17. The molecule has 0 saturated heterocycles. The predicted molar refractivity (Wildman–Crippen MR) is 84.0 cm³/mol. The number of methoxy groups -OCH3 is 1. The molecule has 0 amide bonds. The summed E-state index contributed by atoms with van der Waals surface area (Å²) < 4.78 is 9.67. The molecule has 0 aromatic heterocycles. The number of unbranched alkanes of at least 4 members (excludes halogenated alkanes) is 7. The first kappa shape index (κ1) is 19.9. The van der Waals surface area contributed by atoms with Gasteiger partial charge in [0.2, 0.25) is 0 Å². The highest BCUT2D eigenvalue weighted by molar-refractivity contribution is 5.79. The van der Waals surface area contributed by atoms with E-state index in [1.807, 2.05) is 0 Å². The quantitative estimate of drug-likeness (QED) is 0.377. The van der Waals surface area contributed by atoms with E-state index >= 15 is 0 Å². The van der Waals surface area contributed by atoms with Crippen molar-refractivity contribution < 1.29 is 19.1 Å². The fourth-order valence-corrected chi connectivity index (χ4v) is 2.42. The number of rotatable bonds is 13. The highest BCUT2D eigenvalue weighted by Gasteiger charge is 2.22. The second-order valence-electron chi connectivity index (χ2n) is 5.49. The van der Waals surface area contributed by atoms with Crippen LogP contribution in [-0.4, -0.2) is 25.7 Å². The molecule has 0 fully saturated rings. The van der Waals surface area contributed by atoms with Crippen molar-refractivity contribution in [3.8, 4) is 0 Å². The largest absolute Gasteiger partial charge is 0.469 e. The molecule has 0 spiro atoms. The molecule has 0 aliphatic rings. The molecule has 0 aliphatic heterocycles. The summed E-state index contributed by atoms with van der Waals surface area (Å²) >= 11 is 0. The summed E-state index contributed by atoms with van der Waals surface area (Å²) in [6.45, 7) is 4.34. The number of hydrogen-bond acceptors (Lipinski definition) is 4. The van der Waals surface area contributed by atoms with Gasteiger partial charge in [-0.1, -0.05) is 58.3 Å². The lowest BCUT2D eigenvalue weighted by atomic mass is 9.97. The van der Waals surface area contributed by atoms with Crippen LogP contribution in [0.15, 0.2) is 0 Å². The van der Waals surface area contributed by atoms with Gasteiger partial charge in [0.1, 0.15) is 0 Å². The summed E-state index contributed by atoms with van der Waals surface area (Å²) in [5, 5.41) is 0. The van der Waals surface area contributed by atoms with Crippen LogP contribution < -0.4 is 0 Å². The Kier molecular flexibility index (Phi) is 13.2. The summed E-state index contributed by atoms with van der Waals surface area (Å²) in [5.74, 6) is -0.965. The van der Waals surface area contributed by atoms with Crippen molar-refractivity contribution in [3.05, 3.63) is 0 Å². The molecule has 0 aromatic carbocycles. The molecule has 21 heavy (non-hydrogen) atoms. The van der Waals surface area contributed by atoms with E-state index in [9.17, 15) is 9.59 Å². The molecular weight excluding hydrogens is 268 g/mol. The smallest absolute Gasteiger partial charge is 0.309 e. The number of hydrogen-bond donors (Lipinski definition) is 0. The van der Waals surface area contributed by atoms with Gasteiger partial charge in [-0.2, -0.15) is 0 Å². The van der Waals surface area contributed by atoms with Crippen LogP contribution in [0.25, 0.3) is 0 Å². The maximum Gasteiger partial charge on any atom is 0.309 e. The van der Waals surface area contributed by atoms with Crippen molar-refractivity contribution in [1.29, 1.82) is 0 Å². The first-order chi connectivity index (χ1) is 10.2. The van der Waals surface area contributed by atoms with Gasteiger partial charge in [-0.15, -0.1) is 0 Å². The second-order valence-corrected chi connectivity index (χ2v) is 5.49. The Morgan fingerprint density at radius 2 is 1.48 bits per heavy atom. The van der Waals surface area contributed by atoms with Crippen molar-refractivity contribution >= 4 is 11.9 Å². The Bertz CT molecular complexity index is 276. The van der Waals surface area contributed by atoms with Crippen LogP contribution in [0.2, 0.25) is 0 Å². The summed E-state index contributed by atoms with van der Waals surface area (Å²) in [5.41, 5.74) is 0. The van der Waals surface area contributed by atoms with Gasteiger partial charge in [0.25, 0.3) is 0 Å². The Labute approximate surface area is 129 Å². The molecule has 0 aromatic rings. The SMILES string of the molecule is CCCCCCCCCCC(CC(=O)OCC)C(=O)OC. The Balaban J connectivity index is 3.81. The fourth-order valence-electron chi connectivity index (χ4n) is 2.42. The van der Waals surface area contributed by atoms with Crippen LogP contribution in [0.4, 0.5) is 0 Å². The van der Waals surface area contributed by atoms with E-state index < -0.39 is 0 Å². The van der Waals surface area contributed by atoms with E-state index in [2.05, 4.69) is 6.92 Å². The molecule has 1 unspecified atom stereocenters. The Morgan fingerprint density at radius 1 is 0.905 bits per heavy atom. The van der Waals surface area contributed by atoms with E-state index in [0.29, 0.717) is 13.0 Å². The zero-order valence-electron chi connectivity index (χ0n) is 14.0. The zero-order chi connectivity index (χ0) is 15.9. The van der Waals surface area contributed by atoms with E-state index in [1.54, 1.807) is 6.92 Å². The molecule has 4 nitrogen and oxygen atoms in total. The molecule has 0 N–H and O–H groups in total. The molecular formula is C17H32O4. The lowest BCUT2D eigenvalue weighted by molar-refractivity contribution is -0.153. The molecule has 0 heterocycles. The molecule has 0 saturated carbocycles. The van der Waals surface area contributed by atoms with Crippen molar-refractivity contribution in [2.45, 2.75) is 78.1 Å². The van der Waals surface area contributed by atoms with Crippen molar-refractivity contribution in [3.63, 3.8) is 0 Å². The number of carbonyl (C=O) groups excluding carboxylic acids is 2. The van der Waals surface area contributed by atoms with Crippen molar-refractivity contribution in [1.82, 2.24) is 0 Å². The standard InChI is InChI=1S/C17H32O4/c1-4-6-7-8-9-10-11-12-13-15(17(19)20-3)14-16(18)21-5-2/h15H,4-14H2,1-3H3. The minimum Gasteiger partial charge on any atom is -0.469 e. The first-order valence-corrected chi connectivity index (χ1v) is 8.39. The molecule has 0 rings (SSSR count). The molecule has 0 bridgehead atoms. The fraction of sp³-hybridized carbons (Fsp3) is 0.882. The number of ether oxygens (including phenoxy) is 2. The topological polar surface area (TPSA) is 52.6 Å². The van der Waals surface area contributed by atoms with E-state index in [-0.39, 0.29) is 24.3 Å². The molecule has 0 aliphatic carbocycles. The minimum atomic E-state index is -0.353. The maximum absolute atomic E-state index is 11.7. The number of carbonyl (C=O) groups is 2. The zero-order valence-corrected chi connectivity index (χ0v) is 14.0. The second kappa shape index (κ2) is 13.9. The predicted octanol–water partition coefficient (Wildman–Crippen LogP) is 4.26. The summed E-state index contributed by atoms with van der Waals surface area (Å²) in [7, 11) is 1.37. The van der Waals surface area contributed by atoms with Gasteiger partial charge in [-0.25, -0.2) is 0 Å². The Morgan fingerprint density at radius 3 is 2.00 bits per heavy atom. The monoisotopic (exact) mass is 300 g/mol. The van der Waals surface area contributed by atoms with Crippen LogP contribution in [0.1, 0.15) is 78.1 Å². The van der Waals surface area contributed by atoms with Gasteiger partial charge in [0.15, 0.2) is 0 Å². The van der Waals surface area contributed by atoms with Crippen molar-refractivity contribution in [2.75, 3.05) is 13.7 Å².